The topological polar surface area (TPSA) is 75.3 Å². The molecule has 5 nitrogen and oxygen atoms in total. The van der Waals surface area contributed by atoms with Crippen LogP contribution in [0.15, 0.2) is 47.4 Å². The van der Waals surface area contributed by atoms with E-state index in [4.69, 9.17) is 11.6 Å². The average Bonchev–Trinajstić information content (AvgIpc) is 3.05. The first-order valence-corrected chi connectivity index (χ1v) is 12.0. The van der Waals surface area contributed by atoms with Crippen molar-refractivity contribution >= 4 is 50.6 Å². The third-order valence-corrected chi connectivity index (χ3v) is 7.20. The minimum Gasteiger partial charge on any atom is -0.347 e. The number of sulfonamides is 1. The number of thioether (sulfide) groups is 1. The number of amides is 1. The van der Waals surface area contributed by atoms with Gasteiger partial charge in [0, 0.05) is 4.88 Å². The van der Waals surface area contributed by atoms with E-state index in [1.807, 2.05) is 19.2 Å². The van der Waals surface area contributed by atoms with E-state index in [9.17, 15) is 13.2 Å². The number of rotatable bonds is 9. The molecule has 2 N–H and O–H groups in total. The van der Waals surface area contributed by atoms with Crippen molar-refractivity contribution < 1.29 is 13.2 Å². The molecule has 9 heteroatoms. The molecule has 26 heavy (non-hydrogen) atoms. The third-order valence-electron chi connectivity index (χ3n) is 3.66. The molecule has 2 rings (SSSR count). The van der Waals surface area contributed by atoms with Crippen molar-refractivity contribution in [3.63, 3.8) is 0 Å². The summed E-state index contributed by atoms with van der Waals surface area (Å²) in [5.41, 5.74) is 0. The first-order chi connectivity index (χ1) is 12.3. The molecular formula is C17H21ClN2O3S3. The summed E-state index contributed by atoms with van der Waals surface area (Å²) in [7, 11) is -3.77. The molecular weight excluding hydrogens is 412 g/mol. The number of benzene rings is 1. The summed E-state index contributed by atoms with van der Waals surface area (Å²) < 4.78 is 28.3. The second kappa shape index (κ2) is 9.75. The normalized spacial score (nSPS) is 14.0. The van der Waals surface area contributed by atoms with Crippen molar-refractivity contribution in [1.29, 1.82) is 0 Å². The van der Waals surface area contributed by atoms with Crippen LogP contribution in [0.5, 0.6) is 0 Å². The molecule has 2 aromatic rings. The standard InChI is InChI=1S/C17H21ClN2O3S3/c1-12(15-8-9-16(18)25-15)19-17(21)14(10-11-24-2)20-26(22,23)13-6-4-3-5-7-13/h3-9,12,14,20H,10-11H2,1-2H3,(H,19,21). The van der Waals surface area contributed by atoms with Crippen LogP contribution < -0.4 is 10.0 Å². The maximum Gasteiger partial charge on any atom is 0.241 e. The van der Waals surface area contributed by atoms with Gasteiger partial charge in [-0.05, 0) is 49.6 Å². The lowest BCUT2D eigenvalue weighted by atomic mass is 10.2. The molecule has 2 atom stereocenters. The van der Waals surface area contributed by atoms with E-state index in [0.717, 1.165) is 4.88 Å². The van der Waals surface area contributed by atoms with Crippen LogP contribution in [0.1, 0.15) is 24.3 Å². The summed E-state index contributed by atoms with van der Waals surface area (Å²) in [4.78, 5) is 13.7. The Kier molecular flexibility index (Phi) is 7.97. The van der Waals surface area contributed by atoms with Gasteiger partial charge in [-0.1, -0.05) is 29.8 Å². The highest BCUT2D eigenvalue weighted by Crippen LogP contribution is 2.26. The van der Waals surface area contributed by atoms with Crippen LogP contribution in [0.4, 0.5) is 0 Å². The van der Waals surface area contributed by atoms with Crippen LogP contribution in [0.25, 0.3) is 0 Å². The van der Waals surface area contributed by atoms with E-state index >= 15 is 0 Å². The lowest BCUT2D eigenvalue weighted by molar-refractivity contribution is -0.123. The van der Waals surface area contributed by atoms with Crippen molar-refractivity contribution in [3.05, 3.63) is 51.7 Å². The van der Waals surface area contributed by atoms with Crippen molar-refractivity contribution in [2.24, 2.45) is 0 Å². The summed E-state index contributed by atoms with van der Waals surface area (Å²) in [6.07, 6.45) is 2.31. The molecule has 2 unspecified atom stereocenters. The van der Waals surface area contributed by atoms with Crippen molar-refractivity contribution in [3.8, 4) is 0 Å². The zero-order chi connectivity index (χ0) is 19.2. The van der Waals surface area contributed by atoms with E-state index < -0.39 is 16.1 Å². The molecule has 0 saturated carbocycles. The maximum atomic E-state index is 12.7. The molecule has 1 heterocycles. The first-order valence-electron chi connectivity index (χ1n) is 7.95. The minimum absolute atomic E-state index is 0.139. The number of nitrogens with one attached hydrogen (secondary N) is 2. The molecule has 0 fully saturated rings. The summed E-state index contributed by atoms with van der Waals surface area (Å²) >= 11 is 8.88. The fourth-order valence-corrected chi connectivity index (χ4v) is 5.07. The van der Waals surface area contributed by atoms with Gasteiger partial charge < -0.3 is 5.32 Å². The summed E-state index contributed by atoms with van der Waals surface area (Å²) in [6, 6.07) is 10.6. The van der Waals surface area contributed by atoms with Crippen LogP contribution in [0.3, 0.4) is 0 Å². The van der Waals surface area contributed by atoms with Gasteiger partial charge in [-0.3, -0.25) is 4.79 Å². The highest BCUT2D eigenvalue weighted by atomic mass is 35.5. The van der Waals surface area contributed by atoms with Crippen molar-refractivity contribution in [1.82, 2.24) is 10.0 Å². The smallest absolute Gasteiger partial charge is 0.241 e. The Morgan fingerprint density at radius 2 is 1.92 bits per heavy atom. The molecule has 1 aromatic heterocycles. The quantitative estimate of drug-likeness (QED) is 0.633. The predicted molar refractivity (Wildman–Crippen MR) is 109 cm³/mol. The van der Waals surface area contributed by atoms with Crippen LogP contribution in [0.2, 0.25) is 4.34 Å². The molecule has 142 valence electrons. The third kappa shape index (κ3) is 5.99. The number of thiophene rings is 1. The molecule has 1 aromatic carbocycles. The van der Waals surface area contributed by atoms with Crippen LogP contribution in [-0.2, 0) is 14.8 Å². The average molecular weight is 433 g/mol. The Balaban J connectivity index is 2.11. The minimum atomic E-state index is -3.77. The van der Waals surface area contributed by atoms with Gasteiger partial charge in [0.1, 0.15) is 6.04 Å². The van der Waals surface area contributed by atoms with Gasteiger partial charge in [0.2, 0.25) is 15.9 Å². The van der Waals surface area contributed by atoms with Gasteiger partial charge in [0.15, 0.2) is 0 Å². The zero-order valence-corrected chi connectivity index (χ0v) is 17.6. The van der Waals surface area contributed by atoms with Gasteiger partial charge >= 0.3 is 0 Å². The van der Waals surface area contributed by atoms with Gasteiger partial charge in [-0.15, -0.1) is 11.3 Å². The molecule has 1 amide bonds. The number of carbonyl (C=O) groups is 1. The fraction of sp³-hybridized carbons (Fsp3) is 0.353. The Labute approximate surface area is 167 Å². The summed E-state index contributed by atoms with van der Waals surface area (Å²) in [5.74, 6) is 0.310. The van der Waals surface area contributed by atoms with E-state index in [0.29, 0.717) is 16.5 Å². The summed E-state index contributed by atoms with van der Waals surface area (Å²) in [5, 5.41) is 2.87. The predicted octanol–water partition coefficient (Wildman–Crippen LogP) is 3.68. The highest BCUT2D eigenvalue weighted by Gasteiger charge is 2.26. The van der Waals surface area contributed by atoms with Crippen LogP contribution in [-0.4, -0.2) is 32.4 Å². The number of hydrogen-bond donors (Lipinski definition) is 2. The molecule has 0 aliphatic carbocycles. The Hall–Kier alpha value is -1.06. The number of hydrogen-bond acceptors (Lipinski definition) is 5. The monoisotopic (exact) mass is 432 g/mol. The van der Waals surface area contributed by atoms with Crippen LogP contribution >= 0.6 is 34.7 Å². The lowest BCUT2D eigenvalue weighted by Gasteiger charge is -2.21. The zero-order valence-electron chi connectivity index (χ0n) is 14.4. The molecule has 0 spiro atoms. The highest BCUT2D eigenvalue weighted by molar-refractivity contribution is 7.98. The molecule has 0 bridgehead atoms. The van der Waals surface area contributed by atoms with Gasteiger partial charge in [-0.2, -0.15) is 16.5 Å². The lowest BCUT2D eigenvalue weighted by Crippen LogP contribution is -2.47. The Morgan fingerprint density at radius 1 is 1.23 bits per heavy atom. The van der Waals surface area contributed by atoms with E-state index in [1.165, 1.54) is 23.5 Å². The first kappa shape index (κ1) is 21.2. The van der Waals surface area contributed by atoms with Gasteiger partial charge in [0.05, 0.1) is 15.3 Å². The second-order valence-electron chi connectivity index (χ2n) is 5.64. The fourth-order valence-electron chi connectivity index (χ4n) is 2.28. The summed E-state index contributed by atoms with van der Waals surface area (Å²) in [6.45, 7) is 1.84. The van der Waals surface area contributed by atoms with E-state index in [1.54, 1.807) is 36.0 Å². The van der Waals surface area contributed by atoms with Crippen LogP contribution in [0, 0.1) is 0 Å². The van der Waals surface area contributed by atoms with Gasteiger partial charge in [0.25, 0.3) is 0 Å². The molecule has 0 aliphatic rings. The number of carbonyl (C=O) groups excluding carboxylic acids is 1. The second-order valence-corrected chi connectivity index (χ2v) is 10.1. The Bertz CT molecular complexity index is 825. The molecule has 0 aliphatic heterocycles. The SMILES string of the molecule is CSCCC(NS(=O)(=O)c1ccccc1)C(=O)NC(C)c1ccc(Cl)s1. The Morgan fingerprint density at radius 3 is 2.50 bits per heavy atom. The molecule has 0 saturated heterocycles. The van der Waals surface area contributed by atoms with E-state index in [2.05, 4.69) is 10.0 Å². The van der Waals surface area contributed by atoms with E-state index in [-0.39, 0.29) is 16.8 Å². The van der Waals surface area contributed by atoms with Crippen molar-refractivity contribution in [2.75, 3.05) is 12.0 Å². The molecule has 0 radical (unpaired) electrons. The van der Waals surface area contributed by atoms with Gasteiger partial charge in [-0.25, -0.2) is 8.42 Å². The largest absolute Gasteiger partial charge is 0.347 e. The maximum absolute atomic E-state index is 12.7. The van der Waals surface area contributed by atoms with Crippen molar-refractivity contribution in [2.45, 2.75) is 30.3 Å². The number of halogens is 1.